The molecule has 0 aliphatic heterocycles. The fourth-order valence-electron chi connectivity index (χ4n) is 9.40. The first kappa shape index (κ1) is 37.9. The van der Waals surface area contributed by atoms with Gasteiger partial charge >= 0.3 is 21.1 Å². The Morgan fingerprint density at radius 3 is 1.86 bits per heavy atom. The van der Waals surface area contributed by atoms with Crippen LogP contribution in [-0.4, -0.2) is 14.5 Å². The SMILES string of the molecule is [Pt+2].[c-]1c(-c2cc3c(oc4ccccc43)c(-n3c4ccccc4c4cccnc43)n2)cc(-c2ccccc2)cc1-c1cc(-c2ccccc2)cc2c1[n-]c1ccc(-c3ccccc3)cc12. The second-order valence-electron chi connectivity index (χ2n) is 16.1. The maximum atomic E-state index is 6.72. The topological polar surface area (TPSA) is 58.0 Å². The predicted molar refractivity (Wildman–Crippen MR) is 258 cm³/mol. The van der Waals surface area contributed by atoms with Crippen LogP contribution < -0.4 is 4.98 Å². The largest absolute Gasteiger partial charge is 2.00 e. The van der Waals surface area contributed by atoms with E-state index in [1.54, 1.807) is 0 Å². The number of pyridine rings is 2. The second kappa shape index (κ2) is 15.2. The number of hydrogen-bond donors (Lipinski definition) is 0. The Balaban J connectivity index is 0.00000433. The van der Waals surface area contributed by atoms with Crippen molar-refractivity contribution in [1.29, 1.82) is 0 Å². The summed E-state index contributed by atoms with van der Waals surface area (Å²) in [5, 5.41) is 6.37. The Morgan fingerprint density at radius 2 is 1.09 bits per heavy atom. The van der Waals surface area contributed by atoms with E-state index >= 15 is 0 Å². The minimum Gasteiger partial charge on any atom is -0.663 e. The number of rotatable bonds is 6. The molecule has 64 heavy (non-hydrogen) atoms. The Kier molecular flexibility index (Phi) is 8.99. The maximum Gasteiger partial charge on any atom is 2.00 e. The Morgan fingerprint density at radius 1 is 0.469 bits per heavy atom. The van der Waals surface area contributed by atoms with Gasteiger partial charge in [0.1, 0.15) is 11.2 Å². The summed E-state index contributed by atoms with van der Waals surface area (Å²) in [4.78, 5) is 15.9. The summed E-state index contributed by atoms with van der Waals surface area (Å²) in [6.45, 7) is 0. The molecule has 8 aromatic carbocycles. The fourth-order valence-corrected chi connectivity index (χ4v) is 9.40. The smallest absolute Gasteiger partial charge is 0.663 e. The van der Waals surface area contributed by atoms with Crippen LogP contribution in [0.5, 0.6) is 0 Å². The van der Waals surface area contributed by atoms with Gasteiger partial charge in [-0.25, -0.2) is 4.98 Å². The van der Waals surface area contributed by atoms with Crippen LogP contribution in [0.25, 0.3) is 127 Å². The zero-order valence-corrected chi connectivity index (χ0v) is 36.4. The molecule has 0 radical (unpaired) electrons. The molecule has 0 unspecified atom stereocenters. The third kappa shape index (κ3) is 6.12. The van der Waals surface area contributed by atoms with E-state index in [2.05, 4.69) is 193 Å². The van der Waals surface area contributed by atoms with Gasteiger partial charge in [-0.1, -0.05) is 168 Å². The fraction of sp³-hybridized carbons (Fsp3) is 0. The van der Waals surface area contributed by atoms with Gasteiger partial charge in [0.2, 0.25) is 0 Å². The first-order valence-electron chi connectivity index (χ1n) is 21.2. The van der Waals surface area contributed by atoms with Gasteiger partial charge in [-0.2, -0.15) is 5.52 Å². The van der Waals surface area contributed by atoms with Crippen molar-refractivity contribution in [3.05, 3.63) is 212 Å². The molecule has 0 N–H and O–H groups in total. The molecule has 0 spiro atoms. The van der Waals surface area contributed by atoms with E-state index in [4.69, 9.17) is 19.4 Å². The zero-order valence-electron chi connectivity index (χ0n) is 34.1. The zero-order chi connectivity index (χ0) is 41.4. The van der Waals surface area contributed by atoms with Crippen LogP contribution in [-0.2, 0) is 21.1 Å². The molecular weight excluding hydrogens is 964 g/mol. The average Bonchev–Trinajstić information content (AvgIpc) is 4.04. The Bertz CT molecular complexity index is 3850. The van der Waals surface area contributed by atoms with Gasteiger partial charge in [-0.15, -0.1) is 29.3 Å². The van der Waals surface area contributed by atoms with Crippen molar-refractivity contribution in [2.75, 3.05) is 0 Å². The van der Waals surface area contributed by atoms with Crippen molar-refractivity contribution < 1.29 is 25.5 Å². The molecule has 13 aromatic rings. The normalized spacial score (nSPS) is 11.6. The number of hydrogen-bond acceptors (Lipinski definition) is 3. The molecule has 5 aromatic heterocycles. The number of furan rings is 1. The summed E-state index contributed by atoms with van der Waals surface area (Å²) in [5.41, 5.74) is 15.5. The van der Waals surface area contributed by atoms with Gasteiger partial charge in [0, 0.05) is 33.4 Å². The van der Waals surface area contributed by atoms with Crippen LogP contribution in [0, 0.1) is 6.07 Å². The summed E-state index contributed by atoms with van der Waals surface area (Å²) in [6.07, 6.45) is 1.84. The number of nitrogens with zero attached hydrogens (tertiary/aromatic N) is 4. The molecule has 5 nitrogen and oxygen atoms in total. The third-order valence-electron chi connectivity index (χ3n) is 12.4. The van der Waals surface area contributed by atoms with Crippen LogP contribution in [0.2, 0.25) is 0 Å². The average molecular weight is 998 g/mol. The van der Waals surface area contributed by atoms with E-state index in [-0.39, 0.29) is 21.1 Å². The van der Waals surface area contributed by atoms with E-state index in [1.807, 2.05) is 24.4 Å². The minimum absolute atomic E-state index is 0. The summed E-state index contributed by atoms with van der Waals surface area (Å²) in [6, 6.07) is 74.2. The number of aromatic nitrogens is 4. The van der Waals surface area contributed by atoms with Gasteiger partial charge in [0.05, 0.1) is 5.52 Å². The van der Waals surface area contributed by atoms with Gasteiger partial charge in [-0.3, -0.25) is 9.55 Å². The minimum atomic E-state index is 0. The van der Waals surface area contributed by atoms with E-state index in [1.165, 1.54) is 5.56 Å². The Hall–Kier alpha value is -7.85. The maximum absolute atomic E-state index is 6.72. The quantitative estimate of drug-likeness (QED) is 0.156. The van der Waals surface area contributed by atoms with Crippen molar-refractivity contribution in [2.45, 2.75) is 0 Å². The molecule has 0 bridgehead atoms. The molecule has 5 heterocycles. The van der Waals surface area contributed by atoms with Crippen molar-refractivity contribution in [3.63, 3.8) is 0 Å². The molecule has 0 fully saturated rings. The van der Waals surface area contributed by atoms with Gasteiger partial charge in [0.25, 0.3) is 0 Å². The van der Waals surface area contributed by atoms with Crippen LogP contribution in [0.15, 0.2) is 211 Å². The molecule has 0 amide bonds. The third-order valence-corrected chi connectivity index (χ3v) is 12.4. The number of benzene rings is 8. The van der Waals surface area contributed by atoms with Crippen LogP contribution in [0.1, 0.15) is 0 Å². The molecule has 302 valence electrons. The van der Waals surface area contributed by atoms with E-state index in [0.29, 0.717) is 11.4 Å². The number of para-hydroxylation sites is 2. The molecule has 13 rings (SSSR count). The van der Waals surface area contributed by atoms with Crippen molar-refractivity contribution in [1.82, 2.24) is 19.5 Å². The molecule has 0 atom stereocenters. The van der Waals surface area contributed by atoms with Gasteiger partial charge in [-0.05, 0) is 75.0 Å². The summed E-state index contributed by atoms with van der Waals surface area (Å²) < 4.78 is 8.87. The second-order valence-corrected chi connectivity index (χ2v) is 16.1. The van der Waals surface area contributed by atoms with E-state index in [0.717, 1.165) is 110 Å². The first-order valence-corrected chi connectivity index (χ1v) is 21.2. The molecule has 0 saturated heterocycles. The van der Waals surface area contributed by atoms with Crippen molar-refractivity contribution >= 4 is 65.7 Å². The number of fused-ring (bicyclic) bond motifs is 9. The van der Waals surface area contributed by atoms with E-state index in [9.17, 15) is 0 Å². The molecule has 6 heteroatoms. The monoisotopic (exact) mass is 997 g/mol. The summed E-state index contributed by atoms with van der Waals surface area (Å²) >= 11 is 0. The molecule has 0 aliphatic carbocycles. The molecular formula is C58H34N4OPt. The van der Waals surface area contributed by atoms with E-state index < -0.39 is 0 Å². The van der Waals surface area contributed by atoms with Crippen LogP contribution >= 0.6 is 0 Å². The molecule has 0 aliphatic rings. The van der Waals surface area contributed by atoms with Crippen molar-refractivity contribution in [2.24, 2.45) is 0 Å². The van der Waals surface area contributed by atoms with Gasteiger partial charge < -0.3 is 9.40 Å². The standard InChI is InChI=1S/C58H34N4O.Pt/c1-4-15-36(16-5-1)39-26-27-51-48(32-39)49-34-41(38-19-8-3-9-20-38)33-47(55(49)60-51)42-29-40(37-17-6-2-7-18-37)30-43(31-42)52-35-50-45-22-11-13-25-54(45)63-56(50)58(61-52)62-53-24-12-10-21-44(53)46-23-14-28-59-57(46)62;/h1-30,32-35H;/q-2;+2. The first-order chi connectivity index (χ1) is 31.2. The van der Waals surface area contributed by atoms with Crippen LogP contribution in [0.3, 0.4) is 0 Å². The van der Waals surface area contributed by atoms with Crippen molar-refractivity contribution in [3.8, 4) is 61.6 Å². The summed E-state index contributed by atoms with van der Waals surface area (Å²) in [5.74, 6) is 0.676. The Labute approximate surface area is 382 Å². The van der Waals surface area contributed by atoms with Gasteiger partial charge in [0.15, 0.2) is 11.4 Å². The summed E-state index contributed by atoms with van der Waals surface area (Å²) in [7, 11) is 0. The predicted octanol–water partition coefficient (Wildman–Crippen LogP) is 14.9. The van der Waals surface area contributed by atoms with Crippen LogP contribution in [0.4, 0.5) is 0 Å². The molecule has 0 saturated carbocycles.